The number of fused-ring (bicyclic) bond motifs is 1. The third kappa shape index (κ3) is 0.876. The van der Waals surface area contributed by atoms with Crippen LogP contribution in [0.1, 0.15) is 11.1 Å². The summed E-state index contributed by atoms with van der Waals surface area (Å²) >= 11 is 0. The number of aromatic amines is 1. The van der Waals surface area contributed by atoms with Gasteiger partial charge in [-0.3, -0.25) is 0 Å². The van der Waals surface area contributed by atoms with E-state index in [0.717, 1.165) is 10.9 Å². The van der Waals surface area contributed by atoms with Gasteiger partial charge in [-0.2, -0.15) is 5.26 Å². The van der Waals surface area contributed by atoms with E-state index in [0.29, 0.717) is 5.56 Å². The van der Waals surface area contributed by atoms with E-state index < -0.39 is 0 Å². The van der Waals surface area contributed by atoms with Gasteiger partial charge in [-0.05, 0) is 19.1 Å². The van der Waals surface area contributed by atoms with Crippen molar-refractivity contribution in [1.82, 2.24) is 4.98 Å². The molecule has 0 radical (unpaired) electrons. The highest BCUT2D eigenvalue weighted by molar-refractivity contribution is 5.86. The Kier molecular flexibility index (Phi) is 1.38. The molecular weight excluding hydrogens is 148 g/mol. The molecule has 1 N–H and O–H groups in total. The summed E-state index contributed by atoms with van der Waals surface area (Å²) in [6.45, 7) is 2.02. The summed E-state index contributed by atoms with van der Waals surface area (Å²) in [5, 5.41) is 9.76. The molecule has 0 saturated carbocycles. The summed E-state index contributed by atoms with van der Waals surface area (Å²) in [6, 6.07) is 8.18. The first-order valence-corrected chi connectivity index (χ1v) is 3.79. The van der Waals surface area contributed by atoms with Crippen molar-refractivity contribution in [3.8, 4) is 6.07 Å². The minimum absolute atomic E-state index is 0.716. The summed E-state index contributed by atoms with van der Waals surface area (Å²) in [5.41, 5.74) is 2.92. The average molecular weight is 156 g/mol. The van der Waals surface area contributed by atoms with Crippen molar-refractivity contribution in [1.29, 1.82) is 5.26 Å². The Labute approximate surface area is 70.4 Å². The molecule has 1 aromatic carbocycles. The number of hydrogen-bond acceptors (Lipinski definition) is 1. The standard InChI is InChI=1S/C10H8N2/c1-7-2-3-10-9(4-7)8(5-11)6-12-10/h2-4,6,12H,1H3. The zero-order valence-corrected chi connectivity index (χ0v) is 6.76. The zero-order chi connectivity index (χ0) is 8.55. The Morgan fingerprint density at radius 2 is 2.25 bits per heavy atom. The van der Waals surface area contributed by atoms with Crippen LogP contribution in [0.25, 0.3) is 10.9 Å². The van der Waals surface area contributed by atoms with E-state index in [1.165, 1.54) is 5.56 Å². The maximum Gasteiger partial charge on any atom is 0.101 e. The molecule has 0 aliphatic heterocycles. The highest BCUT2D eigenvalue weighted by Gasteiger charge is 2.01. The number of nitriles is 1. The van der Waals surface area contributed by atoms with E-state index in [4.69, 9.17) is 5.26 Å². The Hall–Kier alpha value is -1.75. The van der Waals surface area contributed by atoms with Crippen molar-refractivity contribution < 1.29 is 0 Å². The van der Waals surface area contributed by atoms with Crippen molar-refractivity contribution in [2.75, 3.05) is 0 Å². The number of H-pyrrole nitrogens is 1. The maximum absolute atomic E-state index is 8.75. The number of rotatable bonds is 0. The lowest BCUT2D eigenvalue weighted by Gasteiger charge is -1.91. The summed E-state index contributed by atoms with van der Waals surface area (Å²) in [4.78, 5) is 3.04. The lowest BCUT2D eigenvalue weighted by molar-refractivity contribution is 1.44. The molecule has 0 amide bonds. The van der Waals surface area contributed by atoms with E-state index in [1.807, 2.05) is 25.1 Å². The maximum atomic E-state index is 8.75. The number of benzene rings is 1. The molecule has 2 heteroatoms. The smallest absolute Gasteiger partial charge is 0.101 e. The van der Waals surface area contributed by atoms with Crippen molar-refractivity contribution in [2.24, 2.45) is 0 Å². The first-order chi connectivity index (χ1) is 5.81. The van der Waals surface area contributed by atoms with Gasteiger partial charge in [0.1, 0.15) is 6.07 Å². The molecule has 0 fully saturated rings. The van der Waals surface area contributed by atoms with Gasteiger partial charge in [0.15, 0.2) is 0 Å². The monoisotopic (exact) mass is 156 g/mol. The minimum atomic E-state index is 0.716. The van der Waals surface area contributed by atoms with Gasteiger partial charge in [-0.1, -0.05) is 11.6 Å². The summed E-state index contributed by atoms with van der Waals surface area (Å²) < 4.78 is 0. The van der Waals surface area contributed by atoms with Crippen LogP contribution in [0.3, 0.4) is 0 Å². The van der Waals surface area contributed by atoms with Gasteiger partial charge in [-0.25, -0.2) is 0 Å². The molecule has 2 nitrogen and oxygen atoms in total. The van der Waals surface area contributed by atoms with E-state index in [9.17, 15) is 0 Å². The Morgan fingerprint density at radius 3 is 3.00 bits per heavy atom. The van der Waals surface area contributed by atoms with Crippen LogP contribution < -0.4 is 0 Å². The largest absolute Gasteiger partial charge is 0.360 e. The van der Waals surface area contributed by atoms with Crippen LogP contribution in [-0.2, 0) is 0 Å². The van der Waals surface area contributed by atoms with Crippen LogP contribution in [0.15, 0.2) is 24.4 Å². The van der Waals surface area contributed by atoms with Gasteiger partial charge in [0, 0.05) is 17.1 Å². The zero-order valence-electron chi connectivity index (χ0n) is 6.76. The summed E-state index contributed by atoms with van der Waals surface area (Å²) in [7, 11) is 0. The minimum Gasteiger partial charge on any atom is -0.360 e. The quantitative estimate of drug-likeness (QED) is 0.624. The Bertz CT molecular complexity index is 460. The number of nitrogens with one attached hydrogen (secondary N) is 1. The van der Waals surface area contributed by atoms with E-state index in [1.54, 1.807) is 6.20 Å². The predicted molar refractivity (Wildman–Crippen MR) is 47.8 cm³/mol. The first kappa shape index (κ1) is 6.93. The van der Waals surface area contributed by atoms with Crippen LogP contribution in [0.4, 0.5) is 0 Å². The normalized spacial score (nSPS) is 10.0. The van der Waals surface area contributed by atoms with Gasteiger partial charge >= 0.3 is 0 Å². The molecule has 1 aromatic heterocycles. The third-order valence-corrected chi connectivity index (χ3v) is 1.96. The predicted octanol–water partition coefficient (Wildman–Crippen LogP) is 2.35. The first-order valence-electron chi connectivity index (χ1n) is 3.79. The van der Waals surface area contributed by atoms with Crippen molar-refractivity contribution in [3.05, 3.63) is 35.5 Å². The van der Waals surface area contributed by atoms with E-state index >= 15 is 0 Å². The van der Waals surface area contributed by atoms with Gasteiger partial charge < -0.3 is 4.98 Å². The second kappa shape index (κ2) is 2.38. The van der Waals surface area contributed by atoms with Gasteiger partial charge in [0.25, 0.3) is 0 Å². The fourth-order valence-corrected chi connectivity index (χ4v) is 1.33. The van der Waals surface area contributed by atoms with Gasteiger partial charge in [-0.15, -0.1) is 0 Å². The van der Waals surface area contributed by atoms with Crippen molar-refractivity contribution in [3.63, 3.8) is 0 Å². The molecular formula is C10H8N2. The average Bonchev–Trinajstić information content (AvgIpc) is 2.46. The van der Waals surface area contributed by atoms with Crippen LogP contribution >= 0.6 is 0 Å². The number of hydrogen-bond donors (Lipinski definition) is 1. The number of aryl methyl sites for hydroxylation is 1. The summed E-state index contributed by atoms with van der Waals surface area (Å²) in [6.07, 6.45) is 1.74. The van der Waals surface area contributed by atoms with Crippen molar-refractivity contribution >= 4 is 10.9 Å². The fourth-order valence-electron chi connectivity index (χ4n) is 1.33. The molecule has 2 rings (SSSR count). The molecule has 0 spiro atoms. The Balaban J connectivity index is 2.86. The fraction of sp³-hybridized carbons (Fsp3) is 0.100. The molecule has 2 aromatic rings. The topological polar surface area (TPSA) is 39.6 Å². The van der Waals surface area contributed by atoms with Crippen LogP contribution in [0.2, 0.25) is 0 Å². The molecule has 12 heavy (non-hydrogen) atoms. The van der Waals surface area contributed by atoms with Crippen molar-refractivity contribution in [2.45, 2.75) is 6.92 Å². The molecule has 0 aliphatic carbocycles. The van der Waals surface area contributed by atoms with E-state index in [-0.39, 0.29) is 0 Å². The molecule has 58 valence electrons. The second-order valence-corrected chi connectivity index (χ2v) is 2.86. The van der Waals surface area contributed by atoms with Crippen LogP contribution in [0.5, 0.6) is 0 Å². The lowest BCUT2D eigenvalue weighted by atomic mass is 10.1. The second-order valence-electron chi connectivity index (χ2n) is 2.86. The van der Waals surface area contributed by atoms with Gasteiger partial charge in [0.05, 0.1) is 5.56 Å². The molecule has 0 atom stereocenters. The SMILES string of the molecule is Cc1ccc2[nH]cc(C#N)c2c1. The molecule has 0 aliphatic rings. The highest BCUT2D eigenvalue weighted by atomic mass is 14.7. The van der Waals surface area contributed by atoms with E-state index in [2.05, 4.69) is 11.1 Å². The molecule has 0 unspecified atom stereocenters. The molecule has 1 heterocycles. The third-order valence-electron chi connectivity index (χ3n) is 1.96. The summed E-state index contributed by atoms with van der Waals surface area (Å²) in [5.74, 6) is 0. The highest BCUT2D eigenvalue weighted by Crippen LogP contribution is 2.18. The Morgan fingerprint density at radius 1 is 1.42 bits per heavy atom. The lowest BCUT2D eigenvalue weighted by Crippen LogP contribution is -1.73. The molecule has 0 bridgehead atoms. The molecule has 0 saturated heterocycles. The van der Waals surface area contributed by atoms with Crippen LogP contribution in [-0.4, -0.2) is 4.98 Å². The van der Waals surface area contributed by atoms with Gasteiger partial charge in [0.2, 0.25) is 0 Å². The number of nitrogens with zero attached hydrogens (tertiary/aromatic N) is 1. The number of aromatic nitrogens is 1. The van der Waals surface area contributed by atoms with Crippen LogP contribution in [0, 0.1) is 18.3 Å².